The van der Waals surface area contributed by atoms with E-state index in [-0.39, 0.29) is 11.1 Å². The number of thiazole rings is 1. The number of fused-ring (bicyclic) bond motifs is 1. The molecule has 0 bridgehead atoms. The molecule has 0 fully saturated rings. The molecule has 3 rings (SSSR count). The molecule has 0 aliphatic rings. The number of amides is 1. The lowest BCUT2D eigenvalue weighted by Gasteiger charge is -2.04. The minimum absolute atomic E-state index is 0.205. The maximum absolute atomic E-state index is 12.7. The predicted molar refractivity (Wildman–Crippen MR) is 102 cm³/mol. The van der Waals surface area contributed by atoms with Crippen LogP contribution in [0.2, 0.25) is 0 Å². The fraction of sp³-hybridized carbons (Fsp3) is 0.150. The fourth-order valence-electron chi connectivity index (χ4n) is 2.68. The number of aryl methyl sites for hydroxylation is 1. The summed E-state index contributed by atoms with van der Waals surface area (Å²) in [5.41, 5.74) is 2.56. The van der Waals surface area contributed by atoms with Gasteiger partial charge >= 0.3 is 5.97 Å². The Morgan fingerprint density at radius 3 is 2.65 bits per heavy atom. The van der Waals surface area contributed by atoms with E-state index in [0.717, 1.165) is 15.8 Å². The van der Waals surface area contributed by atoms with Gasteiger partial charge in [0.25, 0.3) is 5.91 Å². The van der Waals surface area contributed by atoms with Gasteiger partial charge in [-0.25, -0.2) is 4.79 Å². The highest BCUT2D eigenvalue weighted by Gasteiger charge is 2.17. The van der Waals surface area contributed by atoms with E-state index < -0.39 is 11.9 Å². The van der Waals surface area contributed by atoms with Crippen molar-refractivity contribution >= 4 is 33.4 Å². The third kappa shape index (κ3) is 3.36. The van der Waals surface area contributed by atoms with Gasteiger partial charge in [0.2, 0.25) is 0 Å². The minimum Gasteiger partial charge on any atom is -0.465 e. The molecule has 0 unspecified atom stereocenters. The van der Waals surface area contributed by atoms with Crippen LogP contribution in [0.4, 0.5) is 0 Å². The largest absolute Gasteiger partial charge is 0.465 e. The number of aromatic nitrogens is 1. The van der Waals surface area contributed by atoms with Crippen molar-refractivity contribution in [1.82, 2.24) is 4.57 Å². The maximum Gasteiger partial charge on any atom is 0.338 e. The van der Waals surface area contributed by atoms with Gasteiger partial charge in [-0.3, -0.25) is 4.79 Å². The van der Waals surface area contributed by atoms with E-state index in [1.165, 1.54) is 18.4 Å². The first-order valence-electron chi connectivity index (χ1n) is 8.02. The van der Waals surface area contributed by atoms with Crippen LogP contribution in [0.5, 0.6) is 0 Å². The molecular weight excluding hydrogens is 348 g/mol. The number of allylic oxidation sites excluding steroid dienone is 1. The zero-order chi connectivity index (χ0) is 18.7. The van der Waals surface area contributed by atoms with Crippen LogP contribution in [0.25, 0.3) is 10.2 Å². The molecule has 1 heterocycles. The van der Waals surface area contributed by atoms with Gasteiger partial charge in [-0.15, -0.1) is 6.58 Å². The summed E-state index contributed by atoms with van der Waals surface area (Å²) in [6.45, 7) is 6.34. The molecule has 0 saturated heterocycles. The number of ether oxygens (including phenoxy) is 1. The van der Waals surface area contributed by atoms with Crippen molar-refractivity contribution in [2.45, 2.75) is 13.5 Å². The quantitative estimate of drug-likeness (QED) is 0.522. The van der Waals surface area contributed by atoms with E-state index in [4.69, 9.17) is 4.74 Å². The van der Waals surface area contributed by atoms with Gasteiger partial charge in [-0.2, -0.15) is 4.99 Å². The first kappa shape index (κ1) is 17.8. The van der Waals surface area contributed by atoms with Crippen LogP contribution >= 0.6 is 11.3 Å². The van der Waals surface area contributed by atoms with Gasteiger partial charge in [0.1, 0.15) is 0 Å². The topological polar surface area (TPSA) is 60.7 Å². The van der Waals surface area contributed by atoms with E-state index >= 15 is 0 Å². The second-order valence-electron chi connectivity index (χ2n) is 5.71. The number of esters is 1. The number of rotatable bonds is 4. The Kier molecular flexibility index (Phi) is 5.14. The highest BCUT2D eigenvalue weighted by Crippen LogP contribution is 2.19. The number of hydrogen-bond acceptors (Lipinski definition) is 4. The smallest absolute Gasteiger partial charge is 0.338 e. The Hall–Kier alpha value is -2.99. The number of methoxy groups -OCH3 is 1. The number of nitrogens with zero attached hydrogens (tertiary/aromatic N) is 2. The van der Waals surface area contributed by atoms with Crippen molar-refractivity contribution in [1.29, 1.82) is 0 Å². The van der Waals surface area contributed by atoms with E-state index in [2.05, 4.69) is 17.6 Å². The Morgan fingerprint density at radius 2 is 1.96 bits per heavy atom. The Labute approximate surface area is 154 Å². The lowest BCUT2D eigenvalue weighted by molar-refractivity contribution is 0.0597. The molecule has 0 saturated carbocycles. The van der Waals surface area contributed by atoms with E-state index in [9.17, 15) is 9.59 Å². The molecule has 2 aromatic carbocycles. The van der Waals surface area contributed by atoms with Crippen LogP contribution in [-0.2, 0) is 11.3 Å². The highest BCUT2D eigenvalue weighted by molar-refractivity contribution is 7.16. The molecular formula is C20H18N2O3S. The lowest BCUT2D eigenvalue weighted by atomic mass is 10.1. The summed E-state index contributed by atoms with van der Waals surface area (Å²) in [6, 6.07) is 12.6. The predicted octanol–water partition coefficient (Wildman–Crippen LogP) is 3.72. The molecule has 6 heteroatoms. The first-order chi connectivity index (χ1) is 12.5. The third-order valence-electron chi connectivity index (χ3n) is 3.91. The summed E-state index contributed by atoms with van der Waals surface area (Å²) in [7, 11) is 1.28. The summed E-state index contributed by atoms with van der Waals surface area (Å²) >= 11 is 1.43. The van der Waals surface area contributed by atoms with Crippen LogP contribution in [0.1, 0.15) is 26.3 Å². The van der Waals surface area contributed by atoms with Gasteiger partial charge in [0, 0.05) is 6.54 Å². The Morgan fingerprint density at radius 1 is 1.23 bits per heavy atom. The second kappa shape index (κ2) is 7.49. The summed E-state index contributed by atoms with van der Waals surface area (Å²) in [4.78, 5) is 29.5. The number of carbonyl (C=O) groups excluding carboxylic acids is 2. The zero-order valence-electron chi connectivity index (χ0n) is 14.6. The van der Waals surface area contributed by atoms with Crippen molar-refractivity contribution in [2.75, 3.05) is 7.11 Å². The molecule has 0 N–H and O–H groups in total. The van der Waals surface area contributed by atoms with E-state index in [0.29, 0.717) is 11.3 Å². The van der Waals surface area contributed by atoms with E-state index in [1.807, 2.05) is 23.6 Å². The SMILES string of the molecule is C=CCn1c(=NC(=O)c2ccccc2C(=O)OC)sc2cc(C)ccc21. The number of carbonyl (C=O) groups is 2. The molecule has 0 spiro atoms. The normalized spacial score (nSPS) is 11.5. The molecule has 1 aromatic heterocycles. The van der Waals surface area contributed by atoms with Crippen LogP contribution < -0.4 is 4.80 Å². The third-order valence-corrected chi connectivity index (χ3v) is 4.95. The highest BCUT2D eigenvalue weighted by atomic mass is 32.1. The molecule has 0 aliphatic heterocycles. The summed E-state index contributed by atoms with van der Waals surface area (Å²) in [6.07, 6.45) is 1.76. The van der Waals surface area contributed by atoms with Crippen molar-refractivity contribution < 1.29 is 14.3 Å². The second-order valence-corrected chi connectivity index (χ2v) is 6.72. The molecule has 26 heavy (non-hydrogen) atoms. The molecule has 1 amide bonds. The maximum atomic E-state index is 12.7. The van der Waals surface area contributed by atoms with Gasteiger partial charge in [-0.1, -0.05) is 35.6 Å². The van der Waals surface area contributed by atoms with Crippen molar-refractivity contribution in [3.8, 4) is 0 Å². The average molecular weight is 366 g/mol. The van der Waals surface area contributed by atoms with Crippen molar-refractivity contribution in [3.63, 3.8) is 0 Å². The van der Waals surface area contributed by atoms with Gasteiger partial charge in [-0.05, 0) is 36.8 Å². The number of hydrogen-bond donors (Lipinski definition) is 0. The monoisotopic (exact) mass is 366 g/mol. The minimum atomic E-state index is -0.560. The molecule has 0 aliphatic carbocycles. The van der Waals surface area contributed by atoms with Crippen LogP contribution in [0.3, 0.4) is 0 Å². The standard InChI is InChI=1S/C20H18N2O3S/c1-4-11-22-16-10-9-13(2)12-17(16)26-20(22)21-18(23)14-7-5-6-8-15(14)19(24)25-3/h4-10,12H,1,11H2,2-3H3. The molecule has 0 radical (unpaired) electrons. The number of benzene rings is 2. The van der Waals surface area contributed by atoms with Gasteiger partial charge in [0.05, 0.1) is 28.5 Å². The van der Waals surface area contributed by atoms with Crippen LogP contribution in [0.15, 0.2) is 60.1 Å². The molecule has 132 valence electrons. The Bertz CT molecular complexity index is 1080. The summed E-state index contributed by atoms with van der Waals surface area (Å²) in [5.74, 6) is -1.04. The summed E-state index contributed by atoms with van der Waals surface area (Å²) < 4.78 is 7.73. The van der Waals surface area contributed by atoms with Crippen LogP contribution in [-0.4, -0.2) is 23.6 Å². The Balaban J connectivity index is 2.16. The lowest BCUT2D eigenvalue weighted by Crippen LogP contribution is -2.17. The molecule has 5 nitrogen and oxygen atoms in total. The van der Waals surface area contributed by atoms with Gasteiger partial charge in [0.15, 0.2) is 4.80 Å². The first-order valence-corrected chi connectivity index (χ1v) is 8.84. The van der Waals surface area contributed by atoms with Crippen LogP contribution in [0, 0.1) is 6.92 Å². The zero-order valence-corrected chi connectivity index (χ0v) is 15.4. The van der Waals surface area contributed by atoms with Crippen molar-refractivity contribution in [3.05, 3.63) is 76.6 Å². The molecule has 3 aromatic rings. The summed E-state index contributed by atoms with van der Waals surface area (Å²) in [5, 5.41) is 0. The fourth-order valence-corrected chi connectivity index (χ4v) is 3.81. The average Bonchev–Trinajstić information content (AvgIpc) is 2.97. The van der Waals surface area contributed by atoms with Crippen molar-refractivity contribution in [2.24, 2.45) is 4.99 Å². The molecule has 0 atom stereocenters. The van der Waals surface area contributed by atoms with Gasteiger partial charge < -0.3 is 9.30 Å². The van der Waals surface area contributed by atoms with E-state index in [1.54, 1.807) is 30.3 Å².